The van der Waals surface area contributed by atoms with Gasteiger partial charge in [0.2, 0.25) is 0 Å². The van der Waals surface area contributed by atoms with Crippen LogP contribution in [-0.4, -0.2) is 32.0 Å². The molecule has 0 fully saturated rings. The number of fused-ring (bicyclic) bond motifs is 2. The van der Waals surface area contributed by atoms with Crippen molar-refractivity contribution in [3.8, 4) is 11.5 Å². The van der Waals surface area contributed by atoms with Crippen LogP contribution < -0.4 is 9.47 Å². The summed E-state index contributed by atoms with van der Waals surface area (Å²) in [5, 5.41) is 3.61. The molecule has 0 aromatic heterocycles. The predicted molar refractivity (Wildman–Crippen MR) is 121 cm³/mol. The number of rotatable bonds is 5. The van der Waals surface area contributed by atoms with Gasteiger partial charge in [0.25, 0.3) is 0 Å². The Morgan fingerprint density at radius 2 is 1.59 bits per heavy atom. The SMILES string of the molecule is CON=C(C(=O)OC)c1ccccc1.c1ccc2c(c1)CC(Oc1cccc3c1CO3)C2. The highest BCUT2D eigenvalue weighted by atomic mass is 16.6. The van der Waals surface area contributed by atoms with Gasteiger partial charge in [0.1, 0.15) is 31.3 Å². The molecule has 5 rings (SSSR count). The van der Waals surface area contributed by atoms with E-state index >= 15 is 0 Å². The predicted octanol–water partition coefficient (Wildman–Crippen LogP) is 4.34. The van der Waals surface area contributed by atoms with Gasteiger partial charge >= 0.3 is 5.97 Å². The van der Waals surface area contributed by atoms with Crippen LogP contribution in [0.5, 0.6) is 11.5 Å². The summed E-state index contributed by atoms with van der Waals surface area (Å²) in [6, 6.07) is 23.6. The number of carbonyl (C=O) groups is 1. The summed E-state index contributed by atoms with van der Waals surface area (Å²) in [6.45, 7) is 0.686. The summed E-state index contributed by atoms with van der Waals surface area (Å²) < 4.78 is 16.1. The molecule has 0 saturated carbocycles. The number of methoxy groups -OCH3 is 1. The van der Waals surface area contributed by atoms with E-state index in [0.717, 1.165) is 24.3 Å². The quantitative estimate of drug-likeness (QED) is 0.342. The average Bonchev–Trinajstić information content (AvgIpc) is 3.21. The Labute approximate surface area is 187 Å². The lowest BCUT2D eigenvalue weighted by molar-refractivity contribution is -0.132. The molecule has 0 radical (unpaired) electrons. The van der Waals surface area contributed by atoms with Crippen molar-refractivity contribution in [3.05, 3.63) is 95.1 Å². The fourth-order valence-electron chi connectivity index (χ4n) is 3.78. The zero-order valence-electron chi connectivity index (χ0n) is 18.1. The maximum atomic E-state index is 11.3. The van der Waals surface area contributed by atoms with Crippen molar-refractivity contribution in [2.75, 3.05) is 14.2 Å². The summed E-state index contributed by atoms with van der Waals surface area (Å²) in [5.41, 5.74) is 4.90. The monoisotopic (exact) mass is 431 g/mol. The van der Waals surface area contributed by atoms with Gasteiger partial charge in [0.15, 0.2) is 5.71 Å². The van der Waals surface area contributed by atoms with Crippen LogP contribution >= 0.6 is 0 Å². The molecule has 6 nitrogen and oxygen atoms in total. The normalized spacial score (nSPS) is 14.0. The lowest BCUT2D eigenvalue weighted by Crippen LogP contribution is -2.19. The molecular weight excluding hydrogens is 406 g/mol. The van der Waals surface area contributed by atoms with Crippen LogP contribution in [0.3, 0.4) is 0 Å². The smallest absolute Gasteiger partial charge is 0.360 e. The Kier molecular flexibility index (Phi) is 6.70. The molecule has 164 valence electrons. The van der Waals surface area contributed by atoms with E-state index in [-0.39, 0.29) is 11.8 Å². The number of carbonyl (C=O) groups excluding carboxylic acids is 1. The second-order valence-electron chi connectivity index (χ2n) is 7.42. The zero-order chi connectivity index (χ0) is 22.3. The first-order valence-corrected chi connectivity index (χ1v) is 10.4. The molecule has 3 aromatic carbocycles. The molecule has 0 saturated heterocycles. The van der Waals surface area contributed by atoms with Crippen molar-refractivity contribution in [2.24, 2.45) is 5.16 Å². The number of hydrogen-bond donors (Lipinski definition) is 0. The van der Waals surface area contributed by atoms with Crippen LogP contribution in [0.4, 0.5) is 0 Å². The topological polar surface area (TPSA) is 66.4 Å². The van der Waals surface area contributed by atoms with E-state index < -0.39 is 5.97 Å². The Morgan fingerprint density at radius 1 is 0.906 bits per heavy atom. The van der Waals surface area contributed by atoms with Crippen molar-refractivity contribution in [3.63, 3.8) is 0 Å². The highest BCUT2D eigenvalue weighted by Crippen LogP contribution is 2.38. The molecule has 0 atom stereocenters. The van der Waals surface area contributed by atoms with E-state index in [1.54, 1.807) is 12.1 Å². The van der Waals surface area contributed by atoms with Gasteiger partial charge in [0.05, 0.1) is 12.7 Å². The molecule has 1 aliphatic heterocycles. The minimum atomic E-state index is -0.516. The van der Waals surface area contributed by atoms with Crippen LogP contribution in [0.25, 0.3) is 0 Å². The number of esters is 1. The first kappa shape index (κ1) is 21.4. The number of ether oxygens (including phenoxy) is 3. The lowest BCUT2D eigenvalue weighted by atomic mass is 10.1. The zero-order valence-corrected chi connectivity index (χ0v) is 18.1. The summed E-state index contributed by atoms with van der Waals surface area (Å²) in [7, 11) is 2.68. The van der Waals surface area contributed by atoms with E-state index in [1.165, 1.54) is 30.9 Å². The van der Waals surface area contributed by atoms with Gasteiger partial charge in [-0.3, -0.25) is 0 Å². The molecule has 0 bridgehead atoms. The maximum Gasteiger partial charge on any atom is 0.360 e. The average molecular weight is 431 g/mol. The molecule has 32 heavy (non-hydrogen) atoms. The second-order valence-corrected chi connectivity index (χ2v) is 7.42. The standard InChI is InChI=1S/C16H14O2.C10H11NO3/c1-2-5-12-9-13(8-11(12)4-1)18-16-7-3-6-15-14(16)10-17-15;1-13-10(12)9(11-14-2)8-6-4-3-5-7-8/h1-7,13H,8-10H2;3-7H,1-2H3. The van der Waals surface area contributed by atoms with E-state index in [1.807, 2.05) is 36.4 Å². The van der Waals surface area contributed by atoms with Crippen LogP contribution in [-0.2, 0) is 33.8 Å². The van der Waals surface area contributed by atoms with Gasteiger partial charge in [-0.25, -0.2) is 4.79 Å². The molecule has 2 aliphatic rings. The summed E-state index contributed by atoms with van der Waals surface area (Å²) in [5.74, 6) is 1.46. The summed E-state index contributed by atoms with van der Waals surface area (Å²) in [6.07, 6.45) is 2.30. The number of benzene rings is 3. The van der Waals surface area contributed by atoms with Gasteiger partial charge in [-0.15, -0.1) is 0 Å². The molecule has 6 heteroatoms. The van der Waals surface area contributed by atoms with Gasteiger partial charge in [-0.1, -0.05) is 65.8 Å². The molecule has 0 spiro atoms. The number of hydrogen-bond acceptors (Lipinski definition) is 6. The minimum absolute atomic E-state index is 0.163. The van der Waals surface area contributed by atoms with Crippen LogP contribution in [0.2, 0.25) is 0 Å². The molecule has 3 aromatic rings. The molecule has 0 unspecified atom stereocenters. The third-order valence-corrected chi connectivity index (χ3v) is 5.38. The third-order valence-electron chi connectivity index (χ3n) is 5.38. The Morgan fingerprint density at radius 3 is 2.19 bits per heavy atom. The minimum Gasteiger partial charge on any atom is -0.489 e. The van der Waals surface area contributed by atoms with Crippen molar-refractivity contribution in [2.45, 2.75) is 25.6 Å². The summed E-state index contributed by atoms with van der Waals surface area (Å²) in [4.78, 5) is 15.8. The fourth-order valence-corrected chi connectivity index (χ4v) is 3.78. The number of oxime groups is 1. The molecule has 0 N–H and O–H groups in total. The Hall–Kier alpha value is -3.80. The van der Waals surface area contributed by atoms with Gasteiger partial charge in [-0.05, 0) is 23.3 Å². The van der Waals surface area contributed by atoms with E-state index in [2.05, 4.69) is 39.0 Å². The Balaban J connectivity index is 0.000000159. The van der Waals surface area contributed by atoms with Crippen LogP contribution in [0, 0.1) is 0 Å². The highest BCUT2D eigenvalue weighted by molar-refractivity contribution is 6.43. The fraction of sp³-hybridized carbons (Fsp3) is 0.231. The molecule has 0 amide bonds. The highest BCUT2D eigenvalue weighted by Gasteiger charge is 2.26. The van der Waals surface area contributed by atoms with Crippen molar-refractivity contribution < 1.29 is 23.8 Å². The van der Waals surface area contributed by atoms with Crippen molar-refractivity contribution >= 4 is 11.7 Å². The van der Waals surface area contributed by atoms with E-state index in [9.17, 15) is 4.79 Å². The second kappa shape index (κ2) is 10.0. The number of nitrogens with zero attached hydrogens (tertiary/aromatic N) is 1. The summed E-state index contributed by atoms with van der Waals surface area (Å²) >= 11 is 0. The molecule has 1 heterocycles. The molecular formula is C26H25NO5. The Bertz CT molecular complexity index is 1090. The van der Waals surface area contributed by atoms with Gasteiger partial charge in [-0.2, -0.15) is 0 Å². The largest absolute Gasteiger partial charge is 0.489 e. The first-order chi connectivity index (χ1) is 15.7. The molecule has 1 aliphatic carbocycles. The van der Waals surface area contributed by atoms with Crippen molar-refractivity contribution in [1.29, 1.82) is 0 Å². The maximum absolute atomic E-state index is 11.3. The van der Waals surface area contributed by atoms with Crippen molar-refractivity contribution in [1.82, 2.24) is 0 Å². The van der Waals surface area contributed by atoms with Gasteiger partial charge < -0.3 is 19.0 Å². The van der Waals surface area contributed by atoms with Crippen LogP contribution in [0.15, 0.2) is 78.0 Å². The van der Waals surface area contributed by atoms with E-state index in [4.69, 9.17) is 9.47 Å². The lowest BCUT2D eigenvalue weighted by Gasteiger charge is -2.24. The third kappa shape index (κ3) is 4.75. The first-order valence-electron chi connectivity index (χ1n) is 10.4. The van der Waals surface area contributed by atoms with Gasteiger partial charge in [0, 0.05) is 18.4 Å². The van der Waals surface area contributed by atoms with E-state index in [0.29, 0.717) is 12.2 Å². The van der Waals surface area contributed by atoms with Crippen LogP contribution in [0.1, 0.15) is 22.3 Å².